The van der Waals surface area contributed by atoms with Gasteiger partial charge in [-0.05, 0) is 19.1 Å². The molecule has 1 fully saturated rings. The predicted octanol–water partition coefficient (Wildman–Crippen LogP) is 1.41. The molecule has 1 unspecified atom stereocenters. The molecule has 1 aromatic carbocycles. The molecule has 1 aliphatic rings. The Morgan fingerprint density at radius 3 is 2.50 bits per heavy atom. The zero-order valence-corrected chi connectivity index (χ0v) is 11.0. The molecule has 0 N–H and O–H groups in total. The summed E-state index contributed by atoms with van der Waals surface area (Å²) in [6.07, 6.45) is 0. The summed E-state index contributed by atoms with van der Waals surface area (Å²) in [6.45, 7) is 2.02. The highest BCUT2D eigenvalue weighted by Crippen LogP contribution is 2.19. The van der Waals surface area contributed by atoms with Crippen LogP contribution in [0.5, 0.6) is 0 Å². The van der Waals surface area contributed by atoms with Crippen LogP contribution in [0.25, 0.3) is 0 Å². The Labute approximate surface area is 113 Å². The van der Waals surface area contributed by atoms with Crippen molar-refractivity contribution in [1.29, 1.82) is 0 Å². The van der Waals surface area contributed by atoms with E-state index in [1.165, 1.54) is 11.8 Å². The van der Waals surface area contributed by atoms with Crippen LogP contribution in [0.1, 0.15) is 17.3 Å². The summed E-state index contributed by atoms with van der Waals surface area (Å²) >= 11 is 0. The molecule has 1 aliphatic heterocycles. The van der Waals surface area contributed by atoms with Crippen LogP contribution in [0.2, 0.25) is 0 Å². The number of halogens is 3. The van der Waals surface area contributed by atoms with Crippen LogP contribution in [0.4, 0.5) is 13.2 Å². The second-order valence-corrected chi connectivity index (χ2v) is 4.66. The monoisotopic (exact) mass is 286 g/mol. The molecule has 4 nitrogen and oxygen atoms in total. The number of carbonyl (C=O) groups excluding carboxylic acids is 2. The van der Waals surface area contributed by atoms with Gasteiger partial charge in [0, 0.05) is 20.1 Å². The largest absolute Gasteiger partial charge is 0.342 e. The van der Waals surface area contributed by atoms with Crippen molar-refractivity contribution in [3.63, 3.8) is 0 Å². The lowest BCUT2D eigenvalue weighted by atomic mass is 10.1. The Morgan fingerprint density at radius 2 is 1.85 bits per heavy atom. The lowest BCUT2D eigenvalue weighted by Gasteiger charge is -2.37. The third-order valence-electron chi connectivity index (χ3n) is 3.40. The highest BCUT2D eigenvalue weighted by molar-refractivity contribution is 5.98. The Bertz CT molecular complexity index is 577. The third kappa shape index (κ3) is 2.23. The summed E-state index contributed by atoms with van der Waals surface area (Å²) in [5, 5.41) is 0. The molecule has 0 saturated carbocycles. The van der Waals surface area contributed by atoms with Crippen molar-refractivity contribution in [3.05, 3.63) is 35.1 Å². The molecule has 108 valence electrons. The molecule has 20 heavy (non-hydrogen) atoms. The molecule has 0 bridgehead atoms. The third-order valence-corrected chi connectivity index (χ3v) is 3.40. The summed E-state index contributed by atoms with van der Waals surface area (Å²) < 4.78 is 39.6. The van der Waals surface area contributed by atoms with Gasteiger partial charge in [0.2, 0.25) is 5.91 Å². The van der Waals surface area contributed by atoms with Crippen LogP contribution in [0.3, 0.4) is 0 Å². The van der Waals surface area contributed by atoms with E-state index in [0.29, 0.717) is 12.6 Å². The Hall–Kier alpha value is -2.05. The van der Waals surface area contributed by atoms with Crippen LogP contribution < -0.4 is 0 Å². The fourth-order valence-corrected chi connectivity index (χ4v) is 2.14. The van der Waals surface area contributed by atoms with Crippen molar-refractivity contribution < 1.29 is 22.8 Å². The summed E-state index contributed by atoms with van der Waals surface area (Å²) in [7, 11) is 1.60. The van der Waals surface area contributed by atoms with Gasteiger partial charge >= 0.3 is 0 Å². The molecule has 1 saturated heterocycles. The van der Waals surface area contributed by atoms with Gasteiger partial charge in [-0.15, -0.1) is 0 Å². The molecule has 2 rings (SSSR count). The maximum Gasteiger partial charge on any atom is 0.257 e. The molecule has 1 atom stereocenters. The maximum atomic E-state index is 13.6. The zero-order valence-electron chi connectivity index (χ0n) is 11.0. The van der Waals surface area contributed by atoms with Crippen LogP contribution in [0.15, 0.2) is 12.1 Å². The van der Waals surface area contributed by atoms with E-state index in [1.54, 1.807) is 7.05 Å². The number of likely N-dealkylation sites (N-methyl/N-ethyl adjacent to an activating group) is 1. The first kappa shape index (κ1) is 14.4. The number of hydrogen-bond acceptors (Lipinski definition) is 2. The molecule has 2 amide bonds. The SMILES string of the molecule is CC1C(=O)N(C)CCN1C(=O)c1ccc(F)c(F)c1F. The van der Waals surface area contributed by atoms with Crippen molar-refractivity contribution in [2.75, 3.05) is 20.1 Å². The van der Waals surface area contributed by atoms with E-state index in [9.17, 15) is 22.8 Å². The van der Waals surface area contributed by atoms with Crippen molar-refractivity contribution in [2.24, 2.45) is 0 Å². The van der Waals surface area contributed by atoms with E-state index in [2.05, 4.69) is 0 Å². The second kappa shape index (κ2) is 5.15. The lowest BCUT2D eigenvalue weighted by molar-refractivity contribution is -0.137. The smallest absolute Gasteiger partial charge is 0.257 e. The summed E-state index contributed by atoms with van der Waals surface area (Å²) in [4.78, 5) is 26.6. The van der Waals surface area contributed by atoms with Crippen LogP contribution in [-0.4, -0.2) is 47.8 Å². The summed E-state index contributed by atoms with van der Waals surface area (Å²) in [5.41, 5.74) is -0.576. The van der Waals surface area contributed by atoms with Gasteiger partial charge in [-0.3, -0.25) is 9.59 Å². The van der Waals surface area contributed by atoms with Crippen LogP contribution in [0, 0.1) is 17.5 Å². The van der Waals surface area contributed by atoms with E-state index in [0.717, 1.165) is 11.0 Å². The Balaban J connectivity index is 2.33. The number of carbonyl (C=O) groups is 2. The van der Waals surface area contributed by atoms with Crippen molar-refractivity contribution in [2.45, 2.75) is 13.0 Å². The van der Waals surface area contributed by atoms with Gasteiger partial charge in [-0.1, -0.05) is 0 Å². The predicted molar refractivity (Wildman–Crippen MR) is 64.5 cm³/mol. The zero-order chi connectivity index (χ0) is 15.0. The van der Waals surface area contributed by atoms with Gasteiger partial charge < -0.3 is 9.80 Å². The fraction of sp³-hybridized carbons (Fsp3) is 0.385. The van der Waals surface area contributed by atoms with E-state index in [4.69, 9.17) is 0 Å². The highest BCUT2D eigenvalue weighted by Gasteiger charge is 2.34. The number of hydrogen-bond donors (Lipinski definition) is 0. The van der Waals surface area contributed by atoms with Gasteiger partial charge in [-0.25, -0.2) is 13.2 Å². The van der Waals surface area contributed by atoms with Gasteiger partial charge in [-0.2, -0.15) is 0 Å². The van der Waals surface area contributed by atoms with Gasteiger partial charge in [0.1, 0.15) is 6.04 Å². The first-order chi connectivity index (χ1) is 9.34. The van der Waals surface area contributed by atoms with Crippen molar-refractivity contribution in [3.8, 4) is 0 Å². The summed E-state index contributed by atoms with van der Waals surface area (Å²) in [5.74, 6) is -5.69. The molecular weight excluding hydrogens is 273 g/mol. The molecule has 0 radical (unpaired) electrons. The standard InChI is InChI=1S/C13H13F3N2O2/c1-7-12(19)17(2)5-6-18(7)13(20)8-3-4-9(14)11(16)10(8)15/h3-4,7H,5-6H2,1-2H3. The number of amides is 2. The van der Waals surface area contributed by atoms with Crippen molar-refractivity contribution >= 4 is 11.8 Å². The first-order valence-electron chi connectivity index (χ1n) is 6.04. The number of benzene rings is 1. The Morgan fingerprint density at radius 1 is 1.20 bits per heavy atom. The fourth-order valence-electron chi connectivity index (χ4n) is 2.14. The van der Waals surface area contributed by atoms with Gasteiger partial charge in [0.25, 0.3) is 5.91 Å². The lowest BCUT2D eigenvalue weighted by Crippen LogP contribution is -2.56. The first-order valence-corrected chi connectivity index (χ1v) is 6.04. The quantitative estimate of drug-likeness (QED) is 0.732. The summed E-state index contributed by atoms with van der Waals surface area (Å²) in [6, 6.07) is 0.800. The van der Waals surface area contributed by atoms with Crippen molar-refractivity contribution in [1.82, 2.24) is 9.80 Å². The maximum absolute atomic E-state index is 13.6. The highest BCUT2D eigenvalue weighted by atomic mass is 19.2. The minimum absolute atomic E-state index is 0.209. The molecule has 7 heteroatoms. The van der Waals surface area contributed by atoms with E-state index < -0.39 is 35.0 Å². The van der Waals surface area contributed by atoms with E-state index in [1.807, 2.05) is 0 Å². The Kier molecular flexibility index (Phi) is 3.69. The van der Waals surface area contributed by atoms with E-state index >= 15 is 0 Å². The topological polar surface area (TPSA) is 40.6 Å². The average Bonchev–Trinajstić information content (AvgIpc) is 2.42. The van der Waals surface area contributed by atoms with E-state index in [-0.39, 0.29) is 12.5 Å². The molecular formula is C13H13F3N2O2. The minimum atomic E-state index is -1.69. The average molecular weight is 286 g/mol. The number of rotatable bonds is 1. The molecule has 0 spiro atoms. The second-order valence-electron chi connectivity index (χ2n) is 4.66. The molecule has 1 aromatic rings. The van der Waals surface area contributed by atoms with Crippen LogP contribution in [-0.2, 0) is 4.79 Å². The molecule has 0 aliphatic carbocycles. The van der Waals surface area contributed by atoms with Gasteiger partial charge in [0.15, 0.2) is 17.5 Å². The number of nitrogens with zero attached hydrogens (tertiary/aromatic N) is 2. The number of piperazine rings is 1. The molecule has 0 aromatic heterocycles. The van der Waals surface area contributed by atoms with Crippen LogP contribution >= 0.6 is 0 Å². The minimum Gasteiger partial charge on any atom is -0.342 e. The normalized spacial score (nSPS) is 19.4. The molecule has 1 heterocycles. The van der Waals surface area contributed by atoms with Gasteiger partial charge in [0.05, 0.1) is 5.56 Å².